The van der Waals surface area contributed by atoms with Crippen LogP contribution in [0.1, 0.15) is 22.5 Å². The van der Waals surface area contributed by atoms with Crippen LogP contribution in [-0.4, -0.2) is 60.5 Å². The number of carbonyl (C=O) groups excluding carboxylic acids is 1. The monoisotopic (exact) mass is 353 g/mol. The van der Waals surface area contributed by atoms with Gasteiger partial charge in [0.1, 0.15) is 0 Å². The SMILES string of the molecule is CNC(=O)CN1CCN(c2nc(C)c(Cc3ccccc3)c(C)n2)CC1. The summed E-state index contributed by atoms with van der Waals surface area (Å²) in [6.07, 6.45) is 0.860. The van der Waals surface area contributed by atoms with Crippen molar-refractivity contribution in [3.63, 3.8) is 0 Å². The Morgan fingerprint density at radius 2 is 1.65 bits per heavy atom. The first kappa shape index (κ1) is 18.3. The minimum absolute atomic E-state index is 0.0617. The molecule has 1 aliphatic rings. The molecule has 1 aromatic carbocycles. The van der Waals surface area contributed by atoms with Gasteiger partial charge in [0, 0.05) is 51.0 Å². The van der Waals surface area contributed by atoms with Gasteiger partial charge >= 0.3 is 0 Å². The number of nitrogens with one attached hydrogen (secondary N) is 1. The lowest BCUT2D eigenvalue weighted by molar-refractivity contribution is -0.121. The van der Waals surface area contributed by atoms with E-state index in [1.807, 2.05) is 6.07 Å². The zero-order chi connectivity index (χ0) is 18.5. The Morgan fingerprint density at radius 3 is 2.23 bits per heavy atom. The van der Waals surface area contributed by atoms with Gasteiger partial charge in [-0.3, -0.25) is 9.69 Å². The second kappa shape index (κ2) is 8.27. The number of piperazine rings is 1. The summed E-state index contributed by atoms with van der Waals surface area (Å²) < 4.78 is 0. The smallest absolute Gasteiger partial charge is 0.233 e. The lowest BCUT2D eigenvalue weighted by atomic mass is 10.0. The molecule has 6 heteroatoms. The van der Waals surface area contributed by atoms with Crippen LogP contribution in [0.4, 0.5) is 5.95 Å². The van der Waals surface area contributed by atoms with Crippen molar-refractivity contribution < 1.29 is 4.79 Å². The van der Waals surface area contributed by atoms with Crippen molar-refractivity contribution >= 4 is 11.9 Å². The van der Waals surface area contributed by atoms with Gasteiger partial charge < -0.3 is 10.2 Å². The maximum Gasteiger partial charge on any atom is 0.233 e. The molecular formula is C20H27N5O. The molecule has 6 nitrogen and oxygen atoms in total. The Labute approximate surface area is 155 Å². The van der Waals surface area contributed by atoms with Crippen LogP contribution in [0.2, 0.25) is 0 Å². The highest BCUT2D eigenvalue weighted by molar-refractivity contribution is 5.77. The van der Waals surface area contributed by atoms with Crippen LogP contribution in [0.15, 0.2) is 30.3 Å². The Bertz CT molecular complexity index is 731. The summed E-state index contributed by atoms with van der Waals surface area (Å²) in [6.45, 7) is 7.97. The zero-order valence-electron chi connectivity index (χ0n) is 15.8. The van der Waals surface area contributed by atoms with Crippen LogP contribution in [0.25, 0.3) is 0 Å². The van der Waals surface area contributed by atoms with E-state index >= 15 is 0 Å². The maximum absolute atomic E-state index is 11.5. The zero-order valence-corrected chi connectivity index (χ0v) is 15.8. The summed E-state index contributed by atoms with van der Waals surface area (Å²) in [5.41, 5.74) is 4.57. The average molecular weight is 353 g/mol. The van der Waals surface area contributed by atoms with E-state index in [-0.39, 0.29) is 5.91 Å². The Balaban J connectivity index is 1.68. The lowest BCUT2D eigenvalue weighted by Crippen LogP contribution is -2.49. The molecule has 1 aliphatic heterocycles. The molecule has 2 aromatic rings. The number of likely N-dealkylation sites (N-methyl/N-ethyl adjacent to an activating group) is 1. The predicted octanol–water partition coefficient (Wildman–Crippen LogP) is 1.55. The molecule has 1 N–H and O–H groups in total. The van der Waals surface area contributed by atoms with Gasteiger partial charge in [0.05, 0.1) is 6.54 Å². The quantitative estimate of drug-likeness (QED) is 0.884. The fourth-order valence-corrected chi connectivity index (χ4v) is 3.31. The van der Waals surface area contributed by atoms with Crippen LogP contribution in [0.3, 0.4) is 0 Å². The molecule has 0 saturated carbocycles. The van der Waals surface area contributed by atoms with Crippen molar-refractivity contribution in [1.82, 2.24) is 20.2 Å². The highest BCUT2D eigenvalue weighted by atomic mass is 16.1. The summed E-state index contributed by atoms with van der Waals surface area (Å²) in [5.74, 6) is 0.864. The second-order valence-electron chi connectivity index (χ2n) is 6.77. The molecule has 0 aliphatic carbocycles. The molecule has 0 atom stereocenters. The van der Waals surface area contributed by atoms with Gasteiger partial charge in [-0.2, -0.15) is 0 Å². The molecule has 3 rings (SSSR count). The fourth-order valence-electron chi connectivity index (χ4n) is 3.31. The summed E-state index contributed by atoms with van der Waals surface area (Å²) in [6, 6.07) is 10.4. The number of aromatic nitrogens is 2. The topological polar surface area (TPSA) is 61.4 Å². The molecule has 0 unspecified atom stereocenters. The number of benzene rings is 1. The molecule has 0 bridgehead atoms. The molecule has 1 amide bonds. The highest BCUT2D eigenvalue weighted by Crippen LogP contribution is 2.20. The van der Waals surface area contributed by atoms with Crippen LogP contribution >= 0.6 is 0 Å². The van der Waals surface area contributed by atoms with Crippen LogP contribution < -0.4 is 10.2 Å². The van der Waals surface area contributed by atoms with Gasteiger partial charge in [0.2, 0.25) is 11.9 Å². The van der Waals surface area contributed by atoms with Crippen molar-refractivity contribution in [2.45, 2.75) is 20.3 Å². The lowest BCUT2D eigenvalue weighted by Gasteiger charge is -2.34. The third-order valence-corrected chi connectivity index (χ3v) is 4.93. The van der Waals surface area contributed by atoms with Gasteiger partial charge in [-0.05, 0) is 25.0 Å². The molecule has 26 heavy (non-hydrogen) atoms. The van der Waals surface area contributed by atoms with Gasteiger partial charge in [-0.25, -0.2) is 9.97 Å². The molecule has 0 radical (unpaired) electrons. The molecule has 1 saturated heterocycles. The fraction of sp³-hybridized carbons (Fsp3) is 0.450. The molecule has 1 aromatic heterocycles. The van der Waals surface area contributed by atoms with Gasteiger partial charge in [-0.15, -0.1) is 0 Å². The van der Waals surface area contributed by atoms with E-state index in [0.717, 1.165) is 49.9 Å². The Hall–Kier alpha value is -2.47. The van der Waals surface area contributed by atoms with E-state index in [2.05, 4.69) is 53.2 Å². The Kier molecular flexibility index (Phi) is 5.83. The van der Waals surface area contributed by atoms with Crippen molar-refractivity contribution in [2.24, 2.45) is 0 Å². The van der Waals surface area contributed by atoms with Crippen LogP contribution in [-0.2, 0) is 11.2 Å². The molecular weight excluding hydrogens is 326 g/mol. The second-order valence-corrected chi connectivity index (χ2v) is 6.77. The van der Waals surface area contributed by atoms with E-state index in [1.165, 1.54) is 11.1 Å². The van der Waals surface area contributed by atoms with Gasteiger partial charge in [0.25, 0.3) is 0 Å². The first-order chi connectivity index (χ1) is 12.6. The van der Waals surface area contributed by atoms with Crippen LogP contribution in [0, 0.1) is 13.8 Å². The number of amides is 1. The third kappa shape index (κ3) is 4.38. The summed E-state index contributed by atoms with van der Waals surface area (Å²) in [4.78, 5) is 25.4. The number of hydrogen-bond donors (Lipinski definition) is 1. The van der Waals surface area contributed by atoms with Crippen molar-refractivity contribution in [3.8, 4) is 0 Å². The van der Waals surface area contributed by atoms with E-state index < -0.39 is 0 Å². The van der Waals surface area contributed by atoms with E-state index in [1.54, 1.807) is 7.05 Å². The van der Waals surface area contributed by atoms with E-state index in [9.17, 15) is 4.79 Å². The summed E-state index contributed by atoms with van der Waals surface area (Å²) in [7, 11) is 1.68. The highest BCUT2D eigenvalue weighted by Gasteiger charge is 2.21. The van der Waals surface area contributed by atoms with Crippen molar-refractivity contribution in [2.75, 3.05) is 44.7 Å². The average Bonchev–Trinajstić information content (AvgIpc) is 2.66. The first-order valence-electron chi connectivity index (χ1n) is 9.12. The summed E-state index contributed by atoms with van der Waals surface area (Å²) >= 11 is 0. The summed E-state index contributed by atoms with van der Waals surface area (Å²) in [5, 5.41) is 2.68. The Morgan fingerprint density at radius 1 is 1.04 bits per heavy atom. The number of carbonyl (C=O) groups is 1. The van der Waals surface area contributed by atoms with E-state index in [4.69, 9.17) is 9.97 Å². The van der Waals surface area contributed by atoms with Gasteiger partial charge in [-0.1, -0.05) is 30.3 Å². The van der Waals surface area contributed by atoms with Gasteiger partial charge in [0.15, 0.2) is 0 Å². The first-order valence-corrected chi connectivity index (χ1v) is 9.12. The number of aryl methyl sites for hydroxylation is 2. The largest absolute Gasteiger partial charge is 0.358 e. The molecule has 1 fully saturated rings. The van der Waals surface area contributed by atoms with E-state index in [0.29, 0.717) is 6.54 Å². The normalized spacial score (nSPS) is 15.1. The standard InChI is InChI=1S/C20H27N5O/c1-15-18(13-17-7-5-4-6-8-17)16(2)23-20(22-15)25-11-9-24(10-12-25)14-19(26)21-3/h4-8H,9-14H2,1-3H3,(H,21,26). The molecule has 138 valence electrons. The number of nitrogens with zero attached hydrogens (tertiary/aromatic N) is 4. The number of rotatable bonds is 5. The number of anilines is 1. The van der Waals surface area contributed by atoms with Crippen molar-refractivity contribution in [3.05, 3.63) is 52.8 Å². The molecule has 2 heterocycles. The maximum atomic E-state index is 11.5. The molecule has 0 spiro atoms. The van der Waals surface area contributed by atoms with Crippen LogP contribution in [0.5, 0.6) is 0 Å². The third-order valence-electron chi connectivity index (χ3n) is 4.93. The predicted molar refractivity (Wildman–Crippen MR) is 103 cm³/mol. The van der Waals surface area contributed by atoms with Crippen molar-refractivity contribution in [1.29, 1.82) is 0 Å². The number of hydrogen-bond acceptors (Lipinski definition) is 5. The minimum atomic E-state index is 0.0617. The minimum Gasteiger partial charge on any atom is -0.358 e.